The highest BCUT2D eigenvalue weighted by Crippen LogP contribution is 2.22. The third-order valence-corrected chi connectivity index (χ3v) is 7.51. The second kappa shape index (κ2) is 8.34. The SMILES string of the molecule is CCOCCn1/c(=N/S(=O)(=O)c2cccs2)sc2cc(C(=O)OC)ccc21. The Bertz CT molecular complexity index is 1110. The standard InChI is InChI=1S/C17H18N2O5S3/c1-3-24-9-8-19-13-7-6-12(16(20)23-2)11-14(13)26-17(19)18-27(21,22)15-5-4-10-25-15/h4-7,10-11H,3,8-9H2,1-2H3/b18-17-. The van der Waals surface area contributed by atoms with Gasteiger partial charge in [-0.15, -0.1) is 15.7 Å². The van der Waals surface area contributed by atoms with Crippen molar-refractivity contribution in [1.29, 1.82) is 0 Å². The monoisotopic (exact) mass is 426 g/mol. The molecule has 144 valence electrons. The van der Waals surface area contributed by atoms with E-state index in [2.05, 4.69) is 4.40 Å². The number of thiophene rings is 1. The van der Waals surface area contributed by atoms with Gasteiger partial charge in [0.25, 0.3) is 10.0 Å². The first-order valence-corrected chi connectivity index (χ1v) is 11.2. The largest absolute Gasteiger partial charge is 0.465 e. The molecule has 0 aliphatic heterocycles. The number of carbonyl (C=O) groups is 1. The zero-order chi connectivity index (χ0) is 19.4. The van der Waals surface area contributed by atoms with E-state index in [1.807, 2.05) is 6.92 Å². The van der Waals surface area contributed by atoms with Crippen LogP contribution in [0.2, 0.25) is 0 Å². The molecule has 0 bridgehead atoms. The van der Waals surface area contributed by atoms with E-state index in [-0.39, 0.29) is 4.21 Å². The number of carbonyl (C=O) groups excluding carboxylic acids is 1. The number of benzene rings is 1. The Hall–Kier alpha value is -2.01. The van der Waals surface area contributed by atoms with E-state index in [1.165, 1.54) is 24.5 Å². The predicted octanol–water partition coefficient (Wildman–Crippen LogP) is 2.88. The van der Waals surface area contributed by atoms with Crippen molar-refractivity contribution >= 4 is 48.9 Å². The highest BCUT2D eigenvalue weighted by Gasteiger charge is 2.16. The summed E-state index contributed by atoms with van der Waals surface area (Å²) >= 11 is 2.33. The molecule has 0 N–H and O–H groups in total. The highest BCUT2D eigenvalue weighted by atomic mass is 32.2. The maximum Gasteiger partial charge on any atom is 0.337 e. The molecular weight excluding hydrogens is 408 g/mol. The third-order valence-electron chi connectivity index (χ3n) is 3.71. The predicted molar refractivity (Wildman–Crippen MR) is 105 cm³/mol. The number of nitrogens with zero attached hydrogens (tertiary/aromatic N) is 2. The van der Waals surface area contributed by atoms with Crippen LogP contribution in [0.4, 0.5) is 0 Å². The molecule has 0 atom stereocenters. The van der Waals surface area contributed by atoms with E-state index in [0.717, 1.165) is 21.6 Å². The van der Waals surface area contributed by atoms with Gasteiger partial charge in [-0.25, -0.2) is 4.79 Å². The molecule has 0 unspecified atom stereocenters. The first-order chi connectivity index (χ1) is 13.0. The molecule has 0 amide bonds. The molecule has 0 saturated heterocycles. The van der Waals surface area contributed by atoms with E-state index >= 15 is 0 Å². The fraction of sp³-hybridized carbons (Fsp3) is 0.294. The van der Waals surface area contributed by atoms with Crippen LogP contribution in [0.3, 0.4) is 0 Å². The van der Waals surface area contributed by atoms with Gasteiger partial charge in [0.05, 0.1) is 29.5 Å². The Kier molecular flexibility index (Phi) is 6.10. The Morgan fingerprint density at radius 3 is 2.78 bits per heavy atom. The molecule has 27 heavy (non-hydrogen) atoms. The average Bonchev–Trinajstić information content (AvgIpc) is 3.29. The highest BCUT2D eigenvalue weighted by molar-refractivity contribution is 7.92. The van der Waals surface area contributed by atoms with Gasteiger partial charge in [0, 0.05) is 13.2 Å². The van der Waals surface area contributed by atoms with Crippen LogP contribution in [-0.2, 0) is 26.0 Å². The molecule has 2 heterocycles. The number of aromatic nitrogens is 1. The zero-order valence-electron chi connectivity index (χ0n) is 14.7. The molecule has 1 aromatic carbocycles. The first-order valence-electron chi connectivity index (χ1n) is 8.10. The summed E-state index contributed by atoms with van der Waals surface area (Å²) < 4.78 is 42.1. The Balaban J connectivity index is 2.16. The van der Waals surface area contributed by atoms with E-state index in [1.54, 1.807) is 34.2 Å². The van der Waals surface area contributed by atoms with Gasteiger partial charge in [-0.05, 0) is 36.6 Å². The number of methoxy groups -OCH3 is 1. The van der Waals surface area contributed by atoms with Crippen molar-refractivity contribution < 1.29 is 22.7 Å². The van der Waals surface area contributed by atoms with Gasteiger partial charge in [0.1, 0.15) is 4.21 Å². The van der Waals surface area contributed by atoms with Gasteiger partial charge >= 0.3 is 5.97 Å². The second-order valence-corrected chi connectivity index (χ2v) is 9.19. The summed E-state index contributed by atoms with van der Waals surface area (Å²) in [5, 5.41) is 1.69. The smallest absolute Gasteiger partial charge is 0.337 e. The Morgan fingerprint density at radius 2 is 2.11 bits per heavy atom. The van der Waals surface area contributed by atoms with Crippen LogP contribution in [0.5, 0.6) is 0 Å². The molecule has 3 rings (SSSR count). The lowest BCUT2D eigenvalue weighted by atomic mass is 10.2. The van der Waals surface area contributed by atoms with Crippen LogP contribution in [0, 0.1) is 0 Å². The number of sulfonamides is 1. The second-order valence-electron chi connectivity index (χ2n) is 5.41. The fourth-order valence-corrected chi connectivity index (χ4v) is 5.73. The Morgan fingerprint density at radius 1 is 1.30 bits per heavy atom. The van der Waals surface area contributed by atoms with Gasteiger partial charge in [-0.2, -0.15) is 8.42 Å². The third kappa shape index (κ3) is 4.29. The van der Waals surface area contributed by atoms with Crippen LogP contribution in [-0.4, -0.2) is 39.3 Å². The number of ether oxygens (including phenoxy) is 2. The summed E-state index contributed by atoms with van der Waals surface area (Å²) in [6.07, 6.45) is 0. The minimum atomic E-state index is -3.80. The van der Waals surface area contributed by atoms with Crippen LogP contribution < -0.4 is 4.80 Å². The molecule has 3 aromatic rings. The molecule has 0 fully saturated rings. The quantitative estimate of drug-likeness (QED) is 0.428. The molecule has 7 nitrogen and oxygen atoms in total. The fourth-order valence-electron chi connectivity index (χ4n) is 2.46. The summed E-state index contributed by atoms with van der Waals surface area (Å²) in [5.74, 6) is -0.448. The molecule has 0 spiro atoms. The number of thiazole rings is 1. The first kappa shape index (κ1) is 19.7. The summed E-state index contributed by atoms with van der Waals surface area (Å²) in [4.78, 5) is 12.1. The maximum absolute atomic E-state index is 12.6. The molecule has 0 aliphatic carbocycles. The summed E-state index contributed by atoms with van der Waals surface area (Å²) in [5.41, 5.74) is 1.18. The van der Waals surface area contributed by atoms with Gasteiger partial charge in [-0.1, -0.05) is 17.4 Å². The average molecular weight is 427 g/mol. The molecule has 0 aliphatic rings. The van der Waals surface area contributed by atoms with E-state index in [0.29, 0.717) is 30.1 Å². The molecule has 0 radical (unpaired) electrons. The van der Waals surface area contributed by atoms with Gasteiger partial charge in [0.15, 0.2) is 0 Å². The van der Waals surface area contributed by atoms with Crippen molar-refractivity contribution in [3.05, 3.63) is 46.1 Å². The lowest BCUT2D eigenvalue weighted by Gasteiger charge is -2.06. The summed E-state index contributed by atoms with van der Waals surface area (Å²) in [6, 6.07) is 8.29. The van der Waals surface area contributed by atoms with Crippen molar-refractivity contribution in [2.24, 2.45) is 4.40 Å². The van der Waals surface area contributed by atoms with Crippen molar-refractivity contribution in [1.82, 2.24) is 4.57 Å². The summed E-state index contributed by atoms with van der Waals surface area (Å²) in [7, 11) is -2.48. The van der Waals surface area contributed by atoms with Gasteiger partial charge < -0.3 is 14.0 Å². The van der Waals surface area contributed by atoms with Crippen molar-refractivity contribution in [2.75, 3.05) is 20.3 Å². The molecule has 0 saturated carbocycles. The minimum Gasteiger partial charge on any atom is -0.465 e. The molecule has 10 heteroatoms. The van der Waals surface area contributed by atoms with Gasteiger partial charge in [0.2, 0.25) is 4.80 Å². The minimum absolute atomic E-state index is 0.187. The maximum atomic E-state index is 12.6. The number of esters is 1. The lowest BCUT2D eigenvalue weighted by molar-refractivity contribution is 0.0601. The van der Waals surface area contributed by atoms with Gasteiger partial charge in [-0.3, -0.25) is 0 Å². The Labute approximate surface area is 164 Å². The number of hydrogen-bond donors (Lipinski definition) is 0. The van der Waals surface area contributed by atoms with E-state index in [4.69, 9.17) is 9.47 Å². The summed E-state index contributed by atoms with van der Waals surface area (Å²) in [6.45, 7) is 3.33. The molecule has 2 aromatic heterocycles. The van der Waals surface area contributed by atoms with E-state index in [9.17, 15) is 13.2 Å². The van der Waals surface area contributed by atoms with Crippen molar-refractivity contribution in [2.45, 2.75) is 17.7 Å². The van der Waals surface area contributed by atoms with E-state index < -0.39 is 16.0 Å². The van der Waals surface area contributed by atoms with Crippen LogP contribution in [0.15, 0.2) is 44.3 Å². The normalized spacial score (nSPS) is 12.6. The van der Waals surface area contributed by atoms with Crippen LogP contribution in [0.1, 0.15) is 17.3 Å². The zero-order valence-corrected chi connectivity index (χ0v) is 17.2. The van der Waals surface area contributed by atoms with Crippen molar-refractivity contribution in [3.63, 3.8) is 0 Å². The lowest BCUT2D eigenvalue weighted by Crippen LogP contribution is -2.19. The molecular formula is C17H18N2O5S3. The number of rotatable bonds is 7. The topological polar surface area (TPSA) is 87.0 Å². The van der Waals surface area contributed by atoms with Crippen molar-refractivity contribution in [3.8, 4) is 0 Å². The van der Waals surface area contributed by atoms with Crippen LogP contribution >= 0.6 is 22.7 Å². The number of hydrogen-bond acceptors (Lipinski definition) is 7. The van der Waals surface area contributed by atoms with Crippen LogP contribution in [0.25, 0.3) is 10.2 Å². The number of fused-ring (bicyclic) bond motifs is 1.